The zero-order valence-corrected chi connectivity index (χ0v) is 22.8. The molecule has 38 heavy (non-hydrogen) atoms. The standard InChI is InChI=1S/C28H28N4O4S2/c1-35-23-11-8-19(16-24(23)36-2)27(34)29-20-9-10-22-25(17-20)38-28(30-22)37-18-26(33)32-14-12-31(13-15-32)21-6-4-3-5-7-21/h3-11,16-17H,12-15,18H2,1-2H3,(H,29,34). The second-order valence-corrected chi connectivity index (χ2v) is 10.9. The number of anilines is 2. The molecule has 0 aliphatic carbocycles. The number of aromatic nitrogens is 1. The van der Waals surface area contributed by atoms with Crippen LogP contribution in [0.5, 0.6) is 11.5 Å². The third-order valence-electron chi connectivity index (χ3n) is 6.35. The fourth-order valence-corrected chi connectivity index (χ4v) is 6.30. The average molecular weight is 549 g/mol. The lowest BCUT2D eigenvalue weighted by molar-refractivity contribution is -0.128. The lowest BCUT2D eigenvalue weighted by Crippen LogP contribution is -2.49. The number of carbonyl (C=O) groups excluding carboxylic acids is 2. The Balaban J connectivity index is 1.16. The molecule has 1 aromatic heterocycles. The molecule has 1 fully saturated rings. The van der Waals surface area contributed by atoms with Crippen LogP contribution in [0.3, 0.4) is 0 Å². The Hall–Kier alpha value is -3.76. The summed E-state index contributed by atoms with van der Waals surface area (Å²) in [5, 5.41) is 2.93. The van der Waals surface area contributed by atoms with Gasteiger partial charge in [-0.1, -0.05) is 30.0 Å². The van der Waals surface area contributed by atoms with E-state index < -0.39 is 0 Å². The van der Waals surface area contributed by atoms with Crippen molar-refractivity contribution in [2.24, 2.45) is 0 Å². The number of methoxy groups -OCH3 is 2. The molecule has 1 saturated heterocycles. The summed E-state index contributed by atoms with van der Waals surface area (Å²) in [6.07, 6.45) is 0. The van der Waals surface area contributed by atoms with E-state index in [0.717, 1.165) is 40.7 Å². The highest BCUT2D eigenvalue weighted by molar-refractivity contribution is 8.01. The van der Waals surface area contributed by atoms with Gasteiger partial charge in [0.05, 0.1) is 30.2 Å². The molecule has 0 saturated carbocycles. The van der Waals surface area contributed by atoms with Gasteiger partial charge in [-0.05, 0) is 48.5 Å². The molecule has 2 heterocycles. The first kappa shape index (κ1) is 25.9. The van der Waals surface area contributed by atoms with Crippen molar-refractivity contribution in [1.82, 2.24) is 9.88 Å². The Kier molecular flexibility index (Phi) is 8.00. The molecule has 1 N–H and O–H groups in total. The number of thioether (sulfide) groups is 1. The van der Waals surface area contributed by atoms with E-state index in [4.69, 9.17) is 9.47 Å². The van der Waals surface area contributed by atoms with Gasteiger partial charge in [-0.3, -0.25) is 9.59 Å². The van der Waals surface area contributed by atoms with Crippen molar-refractivity contribution >= 4 is 56.5 Å². The van der Waals surface area contributed by atoms with Crippen LogP contribution in [-0.4, -0.2) is 67.8 Å². The Morgan fingerprint density at radius 3 is 2.45 bits per heavy atom. The highest BCUT2D eigenvalue weighted by Crippen LogP contribution is 2.32. The lowest BCUT2D eigenvalue weighted by Gasteiger charge is -2.36. The number of carbonyl (C=O) groups is 2. The van der Waals surface area contributed by atoms with Gasteiger partial charge in [-0.2, -0.15) is 0 Å². The van der Waals surface area contributed by atoms with E-state index in [1.165, 1.54) is 35.9 Å². The van der Waals surface area contributed by atoms with Crippen LogP contribution < -0.4 is 19.7 Å². The number of ether oxygens (including phenoxy) is 2. The Bertz CT molecular complexity index is 1440. The second kappa shape index (κ2) is 11.7. The van der Waals surface area contributed by atoms with E-state index in [2.05, 4.69) is 27.3 Å². The van der Waals surface area contributed by atoms with Crippen LogP contribution in [0.4, 0.5) is 11.4 Å². The van der Waals surface area contributed by atoms with E-state index >= 15 is 0 Å². The van der Waals surface area contributed by atoms with E-state index in [0.29, 0.717) is 28.5 Å². The van der Waals surface area contributed by atoms with Crippen molar-refractivity contribution < 1.29 is 19.1 Å². The van der Waals surface area contributed by atoms with Gasteiger partial charge >= 0.3 is 0 Å². The summed E-state index contributed by atoms with van der Waals surface area (Å²) in [7, 11) is 3.09. The molecule has 0 bridgehead atoms. The van der Waals surface area contributed by atoms with Crippen LogP contribution in [-0.2, 0) is 4.79 Å². The summed E-state index contributed by atoms with van der Waals surface area (Å²) in [4.78, 5) is 34.5. The highest BCUT2D eigenvalue weighted by Gasteiger charge is 2.22. The molecule has 10 heteroatoms. The SMILES string of the molecule is COc1ccc(C(=O)Nc2ccc3nc(SCC(=O)N4CCN(c5ccccc5)CC4)sc3c2)cc1OC. The average Bonchev–Trinajstić information content (AvgIpc) is 3.38. The summed E-state index contributed by atoms with van der Waals surface area (Å²) in [6, 6.07) is 20.9. The number of piperazine rings is 1. The molecular weight excluding hydrogens is 520 g/mol. The van der Waals surface area contributed by atoms with Gasteiger partial charge < -0.3 is 24.6 Å². The Morgan fingerprint density at radius 2 is 1.71 bits per heavy atom. The summed E-state index contributed by atoms with van der Waals surface area (Å²) in [5.74, 6) is 1.29. The number of nitrogens with one attached hydrogen (secondary N) is 1. The minimum atomic E-state index is -0.248. The molecule has 8 nitrogen and oxygen atoms in total. The number of thiazole rings is 1. The van der Waals surface area contributed by atoms with Crippen LogP contribution in [0.1, 0.15) is 10.4 Å². The summed E-state index contributed by atoms with van der Waals surface area (Å²) < 4.78 is 12.3. The number of rotatable bonds is 8. The molecule has 5 rings (SSSR count). The molecule has 4 aromatic rings. The van der Waals surface area contributed by atoms with Crippen molar-refractivity contribution in [3.05, 3.63) is 72.3 Å². The smallest absolute Gasteiger partial charge is 0.255 e. The number of nitrogens with zero attached hydrogens (tertiary/aromatic N) is 3. The topological polar surface area (TPSA) is 84.0 Å². The Labute approximate surface area is 229 Å². The molecule has 2 amide bonds. The summed E-state index contributed by atoms with van der Waals surface area (Å²) in [6.45, 7) is 3.10. The molecule has 3 aromatic carbocycles. The van der Waals surface area contributed by atoms with E-state index in [1.807, 2.05) is 41.3 Å². The fourth-order valence-electron chi connectivity index (χ4n) is 4.29. The van der Waals surface area contributed by atoms with Crippen LogP contribution in [0, 0.1) is 0 Å². The van der Waals surface area contributed by atoms with Crippen LogP contribution >= 0.6 is 23.1 Å². The van der Waals surface area contributed by atoms with Gasteiger partial charge in [-0.25, -0.2) is 4.98 Å². The molecule has 0 atom stereocenters. The summed E-state index contributed by atoms with van der Waals surface area (Å²) >= 11 is 2.98. The Morgan fingerprint density at radius 1 is 0.947 bits per heavy atom. The van der Waals surface area contributed by atoms with E-state index in [-0.39, 0.29) is 11.8 Å². The number of amides is 2. The highest BCUT2D eigenvalue weighted by atomic mass is 32.2. The van der Waals surface area contributed by atoms with Gasteiger partial charge in [-0.15, -0.1) is 11.3 Å². The number of hydrogen-bond acceptors (Lipinski definition) is 8. The fraction of sp³-hybridized carbons (Fsp3) is 0.250. The van der Waals surface area contributed by atoms with Gasteiger partial charge in [0.1, 0.15) is 0 Å². The molecule has 0 spiro atoms. The minimum absolute atomic E-state index is 0.129. The molecule has 0 unspecified atom stereocenters. The molecule has 196 valence electrons. The molecule has 1 aliphatic rings. The first-order valence-corrected chi connectivity index (χ1v) is 14.0. The predicted octanol–water partition coefficient (Wildman–Crippen LogP) is 5.01. The summed E-state index contributed by atoms with van der Waals surface area (Å²) in [5.41, 5.74) is 3.17. The van der Waals surface area contributed by atoms with Gasteiger partial charge in [0.25, 0.3) is 5.91 Å². The lowest BCUT2D eigenvalue weighted by atomic mass is 10.2. The zero-order chi connectivity index (χ0) is 26.5. The number of fused-ring (bicyclic) bond motifs is 1. The van der Waals surface area contributed by atoms with Crippen LogP contribution in [0.15, 0.2) is 71.1 Å². The molecule has 0 radical (unpaired) electrons. The van der Waals surface area contributed by atoms with Crippen molar-refractivity contribution in [2.45, 2.75) is 4.34 Å². The van der Waals surface area contributed by atoms with E-state index in [1.54, 1.807) is 25.3 Å². The minimum Gasteiger partial charge on any atom is -0.493 e. The van der Waals surface area contributed by atoms with Crippen LogP contribution in [0.25, 0.3) is 10.2 Å². The first-order chi connectivity index (χ1) is 18.5. The molecule has 1 aliphatic heterocycles. The van der Waals surface area contributed by atoms with Crippen molar-refractivity contribution in [1.29, 1.82) is 0 Å². The van der Waals surface area contributed by atoms with Crippen LogP contribution in [0.2, 0.25) is 0 Å². The quantitative estimate of drug-likeness (QED) is 0.310. The molecular formula is C28H28N4O4S2. The number of hydrogen-bond donors (Lipinski definition) is 1. The third-order valence-corrected chi connectivity index (χ3v) is 8.49. The van der Waals surface area contributed by atoms with Gasteiger partial charge in [0, 0.05) is 43.1 Å². The second-order valence-electron chi connectivity index (χ2n) is 8.68. The normalized spacial score (nSPS) is 13.4. The van der Waals surface area contributed by atoms with Gasteiger partial charge in [0.15, 0.2) is 15.8 Å². The van der Waals surface area contributed by atoms with Crippen molar-refractivity contribution in [3.63, 3.8) is 0 Å². The first-order valence-electron chi connectivity index (χ1n) is 12.2. The van der Waals surface area contributed by atoms with Crippen molar-refractivity contribution in [3.8, 4) is 11.5 Å². The largest absolute Gasteiger partial charge is 0.493 e. The number of benzene rings is 3. The van der Waals surface area contributed by atoms with E-state index in [9.17, 15) is 9.59 Å². The zero-order valence-electron chi connectivity index (χ0n) is 21.2. The maximum absolute atomic E-state index is 12.8. The van der Waals surface area contributed by atoms with Gasteiger partial charge in [0.2, 0.25) is 5.91 Å². The monoisotopic (exact) mass is 548 g/mol. The predicted molar refractivity (Wildman–Crippen MR) is 153 cm³/mol. The number of para-hydroxylation sites is 1. The third kappa shape index (κ3) is 5.87. The maximum Gasteiger partial charge on any atom is 0.255 e. The maximum atomic E-state index is 12.8. The van der Waals surface area contributed by atoms with Crippen molar-refractivity contribution in [2.75, 3.05) is 56.4 Å².